The molecule has 0 aromatic carbocycles. The molecule has 25 heteroatoms. The van der Waals surface area contributed by atoms with Gasteiger partial charge in [-0.3, -0.25) is 28.0 Å². The third-order valence-electron chi connectivity index (χ3n) is 7.08. The van der Waals surface area contributed by atoms with Crippen LogP contribution in [0.2, 0.25) is 0 Å². The number of H-pyrrole nitrogens is 1. The molecule has 2 aliphatic rings. The minimum Gasteiger partial charge on any atom is -0.394 e. The van der Waals surface area contributed by atoms with Gasteiger partial charge in [0, 0.05) is 7.05 Å². The number of nitrogens with one attached hydrogen (secondary N) is 2. The first-order valence-corrected chi connectivity index (χ1v) is 15.4. The molecule has 46 heavy (non-hydrogen) atoms. The maximum Gasteiger partial charge on any atom is 0.472 e. The van der Waals surface area contributed by atoms with Gasteiger partial charge in [-0.1, -0.05) is 0 Å². The van der Waals surface area contributed by atoms with E-state index in [0.29, 0.717) is 17.0 Å². The molecule has 0 radical (unpaired) electrons. The summed E-state index contributed by atoms with van der Waals surface area (Å²) >= 11 is 0. The predicted octanol–water partition coefficient (Wildman–Crippen LogP) is -2.86. The minimum atomic E-state index is -5.05. The van der Waals surface area contributed by atoms with Gasteiger partial charge in [0.2, 0.25) is 5.95 Å². The number of phosphoric acid groups is 1. The number of imidazole rings is 2. The first-order chi connectivity index (χ1) is 21.9. The number of nitrogens with zero attached hydrogens (tertiary/aromatic N) is 7. The smallest absolute Gasteiger partial charge is 0.394 e. The summed E-state index contributed by atoms with van der Waals surface area (Å²) in [5.41, 5.74) is 5.42. The van der Waals surface area contributed by atoms with Gasteiger partial charge in [0.1, 0.15) is 48.5 Å². The molecule has 1 unspecified atom stereocenters. The van der Waals surface area contributed by atoms with Crippen LogP contribution in [0, 0.1) is 0 Å². The standard InChI is InChI=1S/C21H27N10O11P.HO2P/c1-23-15-9-16(25-4-24-15)30(5-26-9)19-13(35)11(33)8(41-19)3-39-43(37,38)42-14-12(34)7(2-32)40-20(14)31-6-27-10-17(31)28-21(22)29-18(10)36;1-3-2/h4-8,11-14,19-20,32-35H,2-3H2,1H3,(H,37,38)(H,23,24,25)(H3,22,28,29,36);(H,1,2)/t7-,8-,11-,12-,13-,14-,19-,20-;/m1./s1. The molecule has 0 spiro atoms. The minimum absolute atomic E-state index is 0.0824. The summed E-state index contributed by atoms with van der Waals surface area (Å²) in [6.45, 7) is -1.42. The van der Waals surface area contributed by atoms with E-state index in [2.05, 4.69) is 35.2 Å². The second kappa shape index (κ2) is 13.7. The van der Waals surface area contributed by atoms with Gasteiger partial charge >= 0.3 is 16.5 Å². The van der Waals surface area contributed by atoms with Crippen LogP contribution in [-0.2, 0) is 27.7 Å². The first kappa shape index (κ1) is 33.8. The Balaban J connectivity index is 0.00000134. The molecule has 23 nitrogen and oxygen atoms in total. The van der Waals surface area contributed by atoms with E-state index in [1.54, 1.807) is 7.05 Å². The molecule has 0 amide bonds. The van der Waals surface area contributed by atoms with Gasteiger partial charge in [0.15, 0.2) is 35.1 Å². The lowest BCUT2D eigenvalue weighted by Gasteiger charge is -2.24. The van der Waals surface area contributed by atoms with E-state index in [9.17, 15) is 34.7 Å². The van der Waals surface area contributed by atoms with Crippen molar-refractivity contribution in [1.29, 1.82) is 0 Å². The summed E-state index contributed by atoms with van der Waals surface area (Å²) in [5.74, 6) is 0.170. The Morgan fingerprint density at radius 2 is 1.70 bits per heavy atom. The number of aromatic amines is 1. The summed E-state index contributed by atoms with van der Waals surface area (Å²) in [6, 6.07) is 0. The highest BCUT2D eigenvalue weighted by Crippen LogP contribution is 2.50. The van der Waals surface area contributed by atoms with E-state index < -0.39 is 84.4 Å². The third-order valence-corrected chi connectivity index (χ3v) is 8.07. The number of phosphoric ester groups is 1. The topological polar surface area (TPSA) is 338 Å². The molecule has 10 N–H and O–H groups in total. The Kier molecular flexibility index (Phi) is 10.0. The van der Waals surface area contributed by atoms with Crippen molar-refractivity contribution in [2.45, 2.75) is 49.1 Å². The quantitative estimate of drug-likeness (QED) is 0.0797. The highest BCUT2D eigenvalue weighted by molar-refractivity contribution is 7.47. The molecule has 4 aromatic rings. The molecule has 9 atom stereocenters. The van der Waals surface area contributed by atoms with Crippen molar-refractivity contribution in [3.05, 3.63) is 29.3 Å². The summed E-state index contributed by atoms with van der Waals surface area (Å²) < 4.78 is 45.7. The number of rotatable bonds is 9. The number of nitrogen functional groups attached to an aromatic ring is 1. The molecule has 0 aliphatic carbocycles. The Morgan fingerprint density at radius 1 is 1.04 bits per heavy atom. The maximum atomic E-state index is 13.0. The Labute approximate surface area is 257 Å². The van der Waals surface area contributed by atoms with Gasteiger partial charge in [-0.15, -0.1) is 0 Å². The zero-order valence-corrected chi connectivity index (χ0v) is 25.2. The fourth-order valence-corrected chi connectivity index (χ4v) is 5.94. The number of hydrogen-bond donors (Lipinski definition) is 9. The highest BCUT2D eigenvalue weighted by Gasteiger charge is 2.50. The van der Waals surface area contributed by atoms with Gasteiger partial charge in [0.05, 0.1) is 25.9 Å². The van der Waals surface area contributed by atoms with Gasteiger partial charge in [0.25, 0.3) is 5.56 Å². The molecule has 2 fully saturated rings. The van der Waals surface area contributed by atoms with Crippen LogP contribution in [0.4, 0.5) is 11.8 Å². The maximum absolute atomic E-state index is 13.0. The van der Waals surface area contributed by atoms with Gasteiger partial charge in [-0.25, -0.2) is 29.1 Å². The zero-order chi connectivity index (χ0) is 33.3. The number of ether oxygens (including phenoxy) is 2. The van der Waals surface area contributed by atoms with Crippen LogP contribution in [0.1, 0.15) is 12.5 Å². The van der Waals surface area contributed by atoms with Crippen molar-refractivity contribution >= 4 is 50.6 Å². The molecule has 0 bridgehead atoms. The normalized spacial score (nSPS) is 29.2. The van der Waals surface area contributed by atoms with Crippen molar-refractivity contribution in [1.82, 2.24) is 39.0 Å². The summed E-state index contributed by atoms with van der Waals surface area (Å²) in [4.78, 5) is 52.4. The van der Waals surface area contributed by atoms with E-state index >= 15 is 0 Å². The summed E-state index contributed by atoms with van der Waals surface area (Å²) in [5, 5.41) is 44.5. The zero-order valence-electron chi connectivity index (χ0n) is 23.4. The molecular weight excluding hydrogens is 662 g/mol. The average Bonchev–Trinajstić information content (AvgIpc) is 3.77. The number of hydrogen-bond acceptors (Lipinski definition) is 18. The number of aliphatic hydroxyl groups is 4. The number of anilines is 2. The first-order valence-electron chi connectivity index (χ1n) is 13.1. The van der Waals surface area contributed by atoms with Gasteiger partial charge in [-0.05, 0) is 0 Å². The summed E-state index contributed by atoms with van der Waals surface area (Å²) in [7, 11) is -4.24. The number of aromatic nitrogens is 8. The van der Waals surface area contributed by atoms with Crippen LogP contribution in [0.15, 0.2) is 23.8 Å². The molecule has 2 aliphatic heterocycles. The van der Waals surface area contributed by atoms with Crippen molar-refractivity contribution < 1.29 is 57.9 Å². The molecule has 250 valence electrons. The van der Waals surface area contributed by atoms with Gasteiger partial charge < -0.3 is 50.7 Å². The Bertz CT molecular complexity index is 1810. The van der Waals surface area contributed by atoms with E-state index in [1.165, 1.54) is 17.2 Å². The van der Waals surface area contributed by atoms with Crippen LogP contribution in [0.25, 0.3) is 22.3 Å². The SMILES string of the molecule is CNc1ncnc2c1ncn2[C@@H]1O[C@H](COP(=O)(O)O[C@@H]2[C@H](O)[C@@H](CO)O[C@H]2n2cnc3c(=O)[nH]c(N)nc32)[C@@H](O)[C@H]1O.O=PO. The Morgan fingerprint density at radius 3 is 2.37 bits per heavy atom. The fourth-order valence-electron chi connectivity index (χ4n) is 5.01. The molecule has 4 aromatic heterocycles. The van der Waals surface area contributed by atoms with Crippen LogP contribution >= 0.6 is 16.5 Å². The van der Waals surface area contributed by atoms with E-state index in [1.807, 2.05) is 0 Å². The second-order valence-electron chi connectivity index (χ2n) is 9.77. The van der Waals surface area contributed by atoms with Gasteiger partial charge in [-0.2, -0.15) is 4.98 Å². The molecule has 6 heterocycles. The van der Waals surface area contributed by atoms with Crippen LogP contribution in [0.3, 0.4) is 0 Å². The lowest BCUT2D eigenvalue weighted by molar-refractivity contribution is -0.0615. The van der Waals surface area contributed by atoms with E-state index in [-0.39, 0.29) is 17.1 Å². The van der Waals surface area contributed by atoms with E-state index in [4.69, 9.17) is 33.7 Å². The molecule has 6 rings (SSSR count). The molecular formula is C21H28N10O13P2. The predicted molar refractivity (Wildman–Crippen MR) is 151 cm³/mol. The molecule has 0 saturated carbocycles. The van der Waals surface area contributed by atoms with E-state index in [0.717, 1.165) is 10.9 Å². The molecule has 2 saturated heterocycles. The van der Waals surface area contributed by atoms with Crippen LogP contribution < -0.4 is 16.6 Å². The number of nitrogens with two attached hydrogens (primary N) is 1. The van der Waals surface area contributed by atoms with Crippen molar-refractivity contribution in [2.24, 2.45) is 0 Å². The van der Waals surface area contributed by atoms with Crippen molar-refractivity contribution in [2.75, 3.05) is 31.3 Å². The highest BCUT2D eigenvalue weighted by atomic mass is 31.2. The third kappa shape index (κ3) is 6.36. The fraction of sp³-hybridized carbons (Fsp3) is 0.524. The Hall–Kier alpha value is -3.57. The summed E-state index contributed by atoms with van der Waals surface area (Å²) in [6.07, 6.45) is -7.80. The van der Waals surface area contributed by atoms with Crippen LogP contribution in [-0.4, -0.2) is 126 Å². The van der Waals surface area contributed by atoms with Crippen LogP contribution in [0.5, 0.6) is 0 Å². The lowest BCUT2D eigenvalue weighted by atomic mass is 10.1. The number of fused-ring (bicyclic) bond motifs is 2. The van der Waals surface area contributed by atoms with Crippen molar-refractivity contribution in [3.63, 3.8) is 0 Å². The second-order valence-corrected chi connectivity index (χ2v) is 11.3. The monoisotopic (exact) mass is 690 g/mol. The van der Waals surface area contributed by atoms with Crippen molar-refractivity contribution in [3.8, 4) is 0 Å². The largest absolute Gasteiger partial charge is 0.472 e. The average molecular weight is 690 g/mol. The number of aliphatic hydroxyl groups excluding tert-OH is 4. The lowest BCUT2D eigenvalue weighted by Crippen LogP contribution is -2.36.